The van der Waals surface area contributed by atoms with Crippen molar-refractivity contribution in [3.8, 4) is 6.07 Å². The van der Waals surface area contributed by atoms with Gasteiger partial charge in [0.25, 0.3) is 0 Å². The third-order valence-electron chi connectivity index (χ3n) is 7.75. The minimum absolute atomic E-state index is 0.0306. The van der Waals surface area contributed by atoms with Gasteiger partial charge in [-0.3, -0.25) is 0 Å². The van der Waals surface area contributed by atoms with Gasteiger partial charge in [0, 0.05) is 44.1 Å². The van der Waals surface area contributed by atoms with Gasteiger partial charge in [0.2, 0.25) is 0 Å². The Morgan fingerprint density at radius 2 is 1.97 bits per heavy atom. The first-order valence-electron chi connectivity index (χ1n) is 13.2. The molecule has 7 nitrogen and oxygen atoms in total. The number of carbonyl (C=O) groups is 1. The van der Waals surface area contributed by atoms with Crippen LogP contribution in [-0.2, 0) is 24.3 Å². The average Bonchev–Trinajstić information content (AvgIpc) is 3.71. The van der Waals surface area contributed by atoms with Gasteiger partial charge in [-0.15, -0.1) is 0 Å². The summed E-state index contributed by atoms with van der Waals surface area (Å²) < 4.78 is 6.12. The number of aromatic nitrogens is 1. The molecule has 3 aliphatic rings. The number of ether oxygens (including phenoxy) is 1. The number of anilines is 1. The molecule has 2 amide bonds. The van der Waals surface area contributed by atoms with Crippen molar-refractivity contribution in [1.29, 1.82) is 5.26 Å². The summed E-state index contributed by atoms with van der Waals surface area (Å²) >= 11 is 0. The Balaban J connectivity index is 1.40. The number of piperazine rings is 1. The molecule has 0 spiro atoms. The molecule has 0 bridgehead atoms. The van der Waals surface area contributed by atoms with E-state index in [4.69, 9.17) is 9.72 Å². The predicted molar refractivity (Wildman–Crippen MR) is 140 cm³/mol. The summed E-state index contributed by atoms with van der Waals surface area (Å²) in [5.41, 5.74) is 4.85. The van der Waals surface area contributed by atoms with Crippen molar-refractivity contribution in [2.45, 2.75) is 77.7 Å². The molecule has 1 aromatic heterocycles. The summed E-state index contributed by atoms with van der Waals surface area (Å²) in [6.07, 6.45) is 3.02. The molecule has 1 atom stereocenters. The van der Waals surface area contributed by atoms with Gasteiger partial charge in [0.05, 0.1) is 29.5 Å². The molecule has 190 valence electrons. The van der Waals surface area contributed by atoms with E-state index in [0.29, 0.717) is 44.3 Å². The lowest BCUT2D eigenvalue weighted by molar-refractivity contribution is -0.0407. The average molecular weight is 488 g/mol. The first kappa shape index (κ1) is 24.6. The summed E-state index contributed by atoms with van der Waals surface area (Å²) in [6, 6.07) is 12.5. The third-order valence-corrected chi connectivity index (χ3v) is 7.75. The topological polar surface area (TPSA) is 81.5 Å². The first-order valence-corrected chi connectivity index (χ1v) is 13.2. The number of benzene rings is 1. The maximum Gasteiger partial charge on any atom is 0.318 e. The van der Waals surface area contributed by atoms with Crippen LogP contribution in [0.2, 0.25) is 0 Å². The Kier molecular flexibility index (Phi) is 6.65. The van der Waals surface area contributed by atoms with Crippen molar-refractivity contribution in [2.24, 2.45) is 5.92 Å². The van der Waals surface area contributed by atoms with Gasteiger partial charge in [-0.05, 0) is 43.7 Å². The number of hydrogen-bond donors (Lipinski definition) is 1. The van der Waals surface area contributed by atoms with E-state index in [1.165, 1.54) is 0 Å². The maximum absolute atomic E-state index is 13.2. The monoisotopic (exact) mass is 487 g/mol. The fraction of sp³-hybridized carbons (Fsp3) is 0.552. The second-order valence-electron chi connectivity index (χ2n) is 11.4. The summed E-state index contributed by atoms with van der Waals surface area (Å²) in [6.45, 7) is 11.5. The molecule has 2 aliphatic heterocycles. The quantitative estimate of drug-likeness (QED) is 0.659. The summed E-state index contributed by atoms with van der Waals surface area (Å²) in [7, 11) is 0. The lowest BCUT2D eigenvalue weighted by Gasteiger charge is -2.44. The molecule has 1 N–H and O–H groups in total. The van der Waals surface area contributed by atoms with E-state index in [1.54, 1.807) is 0 Å². The largest absolute Gasteiger partial charge is 0.370 e. The van der Waals surface area contributed by atoms with E-state index in [0.717, 1.165) is 47.5 Å². The Morgan fingerprint density at radius 1 is 1.22 bits per heavy atom. The van der Waals surface area contributed by atoms with Gasteiger partial charge in [-0.2, -0.15) is 5.26 Å². The normalized spacial score (nSPS) is 21.2. The molecule has 0 radical (unpaired) electrons. The van der Waals surface area contributed by atoms with Crippen LogP contribution >= 0.6 is 0 Å². The van der Waals surface area contributed by atoms with Gasteiger partial charge in [-0.25, -0.2) is 9.78 Å². The van der Waals surface area contributed by atoms with Crippen LogP contribution in [0, 0.1) is 17.2 Å². The van der Waals surface area contributed by atoms with Crippen molar-refractivity contribution >= 4 is 11.8 Å². The highest BCUT2D eigenvalue weighted by Gasteiger charge is 2.39. The van der Waals surface area contributed by atoms with Crippen molar-refractivity contribution in [1.82, 2.24) is 15.2 Å². The zero-order valence-corrected chi connectivity index (χ0v) is 21.9. The zero-order valence-electron chi connectivity index (χ0n) is 21.9. The van der Waals surface area contributed by atoms with Gasteiger partial charge in [0.15, 0.2) is 0 Å². The Labute approximate surface area is 214 Å². The number of pyridine rings is 1. The molecular weight excluding hydrogens is 450 g/mol. The van der Waals surface area contributed by atoms with Crippen LogP contribution < -0.4 is 10.2 Å². The van der Waals surface area contributed by atoms with Crippen molar-refractivity contribution in [3.63, 3.8) is 0 Å². The molecule has 36 heavy (non-hydrogen) atoms. The molecule has 1 aliphatic carbocycles. The van der Waals surface area contributed by atoms with Crippen LogP contribution in [-0.4, -0.2) is 47.2 Å². The minimum Gasteiger partial charge on any atom is -0.370 e. The van der Waals surface area contributed by atoms with E-state index in [-0.39, 0.29) is 23.6 Å². The van der Waals surface area contributed by atoms with Crippen LogP contribution in [0.15, 0.2) is 30.3 Å². The molecule has 1 saturated heterocycles. The summed E-state index contributed by atoms with van der Waals surface area (Å²) in [5, 5.41) is 13.4. The second kappa shape index (κ2) is 9.74. The molecule has 1 saturated carbocycles. The van der Waals surface area contributed by atoms with E-state index < -0.39 is 0 Å². The zero-order chi connectivity index (χ0) is 25.4. The highest BCUT2D eigenvalue weighted by Crippen LogP contribution is 2.46. The van der Waals surface area contributed by atoms with Gasteiger partial charge in [-0.1, -0.05) is 44.2 Å². The van der Waals surface area contributed by atoms with E-state index in [2.05, 4.69) is 44.0 Å². The molecule has 2 aromatic rings. The molecular formula is C29H37N5O2. The Bertz CT molecular complexity index is 1170. The smallest absolute Gasteiger partial charge is 0.318 e. The minimum atomic E-state index is -0.298. The summed E-state index contributed by atoms with van der Waals surface area (Å²) in [4.78, 5) is 22.5. The van der Waals surface area contributed by atoms with E-state index in [9.17, 15) is 10.1 Å². The van der Waals surface area contributed by atoms with Crippen molar-refractivity contribution in [3.05, 3.63) is 58.3 Å². The molecule has 5 rings (SSSR count). The predicted octanol–water partition coefficient (Wildman–Crippen LogP) is 4.74. The van der Waals surface area contributed by atoms with Crippen LogP contribution in [0.1, 0.15) is 74.4 Å². The summed E-state index contributed by atoms with van der Waals surface area (Å²) in [5.74, 6) is 1.54. The number of nitriles is 1. The maximum atomic E-state index is 13.2. The van der Waals surface area contributed by atoms with Crippen LogP contribution in [0.25, 0.3) is 0 Å². The molecule has 1 aromatic carbocycles. The fourth-order valence-electron chi connectivity index (χ4n) is 5.52. The number of urea groups is 1. The lowest BCUT2D eigenvalue weighted by atomic mass is 9.87. The van der Waals surface area contributed by atoms with Gasteiger partial charge < -0.3 is 19.9 Å². The fourth-order valence-corrected chi connectivity index (χ4v) is 5.52. The highest BCUT2D eigenvalue weighted by molar-refractivity contribution is 5.75. The number of fused-ring (bicyclic) bond motifs is 1. The molecule has 0 unspecified atom stereocenters. The molecule has 2 fully saturated rings. The number of hydrogen-bond acceptors (Lipinski definition) is 5. The standard InChI is InChI=1S/C29H37N5O2/c1-19(2)25-17-33(12-13-34(25)28(35)31-16-20-8-6-5-7-9-20)27-23(15-30)22-14-29(3,4)36-18-24(22)26(32-27)21-10-11-21/h5-9,19,21,25H,10-14,16-18H2,1-4H3,(H,31,35)/t25-/m0/s1. The lowest BCUT2D eigenvalue weighted by Crippen LogP contribution is -2.59. The van der Waals surface area contributed by atoms with Gasteiger partial charge in [0.1, 0.15) is 11.9 Å². The Hall–Kier alpha value is -3.11. The molecule has 7 heteroatoms. The second-order valence-corrected chi connectivity index (χ2v) is 11.4. The van der Waals surface area contributed by atoms with Crippen molar-refractivity contribution in [2.75, 3.05) is 24.5 Å². The SMILES string of the molecule is CC(C)[C@@H]1CN(c2nc(C3CC3)c3c(c2C#N)CC(C)(C)OC3)CCN1C(=O)NCc1ccccc1. The molecule has 3 heterocycles. The number of nitrogens with one attached hydrogen (secondary N) is 1. The van der Waals surface area contributed by atoms with E-state index >= 15 is 0 Å². The number of amides is 2. The van der Waals surface area contributed by atoms with Crippen LogP contribution in [0.3, 0.4) is 0 Å². The van der Waals surface area contributed by atoms with Crippen molar-refractivity contribution < 1.29 is 9.53 Å². The number of rotatable bonds is 5. The Morgan fingerprint density at radius 3 is 2.64 bits per heavy atom. The number of nitrogens with zero attached hydrogens (tertiary/aromatic N) is 4. The van der Waals surface area contributed by atoms with E-state index in [1.807, 2.05) is 35.2 Å². The van der Waals surface area contributed by atoms with Crippen LogP contribution in [0.4, 0.5) is 10.6 Å². The highest BCUT2D eigenvalue weighted by atomic mass is 16.5. The first-order chi connectivity index (χ1) is 17.3. The van der Waals surface area contributed by atoms with Gasteiger partial charge >= 0.3 is 6.03 Å². The van der Waals surface area contributed by atoms with Crippen LogP contribution in [0.5, 0.6) is 0 Å². The number of carbonyl (C=O) groups excluding carboxylic acids is 1. The third kappa shape index (κ3) is 4.92.